The maximum absolute atomic E-state index is 13.6. The van der Waals surface area contributed by atoms with Gasteiger partial charge >= 0.3 is 0 Å². The smallest absolute Gasteiger partial charge is 0.220 e. The first-order valence-electron chi connectivity index (χ1n) is 14.9. The third kappa shape index (κ3) is 7.21. The van der Waals surface area contributed by atoms with Gasteiger partial charge in [-0.2, -0.15) is 0 Å². The number of halogens is 1. The molecule has 0 aliphatic carbocycles. The van der Waals surface area contributed by atoms with Crippen LogP contribution in [0.3, 0.4) is 0 Å². The van der Waals surface area contributed by atoms with Crippen molar-refractivity contribution < 1.29 is 13.9 Å². The number of rotatable bonds is 12. The Morgan fingerprint density at radius 3 is 2.34 bits per heavy atom. The molecule has 44 heavy (non-hydrogen) atoms. The van der Waals surface area contributed by atoms with E-state index in [1.165, 1.54) is 12.1 Å². The Kier molecular flexibility index (Phi) is 9.07. The van der Waals surface area contributed by atoms with Crippen molar-refractivity contribution in [2.75, 3.05) is 6.54 Å². The quantitative estimate of drug-likeness (QED) is 0.161. The van der Waals surface area contributed by atoms with Crippen molar-refractivity contribution in [3.63, 3.8) is 0 Å². The van der Waals surface area contributed by atoms with Crippen LogP contribution in [0.1, 0.15) is 40.3 Å². The molecule has 5 nitrogen and oxygen atoms in total. The Bertz CT molecular complexity index is 1800. The number of amides is 1. The SMILES string of the molecule is O=C(C[C@H](c1ccc(OCc2ccccc2)cc1)c1cn(Cc2ccc(F)cc2)c2ccccc12)NCCc1ccccn1. The first kappa shape index (κ1) is 28.9. The Morgan fingerprint density at radius 2 is 1.57 bits per heavy atom. The normalized spacial score (nSPS) is 11.8. The second-order valence-corrected chi connectivity index (χ2v) is 10.9. The number of hydrogen-bond acceptors (Lipinski definition) is 3. The monoisotopic (exact) mass is 583 g/mol. The lowest BCUT2D eigenvalue weighted by Gasteiger charge is -2.18. The predicted octanol–water partition coefficient (Wildman–Crippen LogP) is 7.68. The van der Waals surface area contributed by atoms with Crippen molar-refractivity contribution in [3.8, 4) is 5.75 Å². The molecule has 220 valence electrons. The molecule has 0 saturated heterocycles. The van der Waals surface area contributed by atoms with Gasteiger partial charge in [-0.1, -0.05) is 78.9 Å². The van der Waals surface area contributed by atoms with Crippen LogP contribution in [0.2, 0.25) is 0 Å². The molecule has 0 saturated carbocycles. The van der Waals surface area contributed by atoms with Gasteiger partial charge in [-0.3, -0.25) is 9.78 Å². The molecular weight excluding hydrogens is 549 g/mol. The molecule has 1 atom stereocenters. The molecule has 0 spiro atoms. The minimum Gasteiger partial charge on any atom is -0.489 e. The van der Waals surface area contributed by atoms with Crippen LogP contribution in [-0.2, 0) is 24.4 Å². The highest BCUT2D eigenvalue weighted by Crippen LogP contribution is 2.36. The second-order valence-electron chi connectivity index (χ2n) is 10.9. The van der Waals surface area contributed by atoms with Gasteiger partial charge in [-0.05, 0) is 64.7 Å². The van der Waals surface area contributed by atoms with Gasteiger partial charge in [-0.15, -0.1) is 0 Å². The summed E-state index contributed by atoms with van der Waals surface area (Å²) in [6, 6.07) is 38.8. The number of hydrogen-bond donors (Lipinski definition) is 1. The summed E-state index contributed by atoms with van der Waals surface area (Å²) >= 11 is 0. The standard InChI is InChI=1S/C38H34FN3O2/c39-31-17-13-28(14-18-31)25-42-26-36(34-11-4-5-12-37(34)42)35(24-38(43)41-23-21-32-10-6-7-22-40-32)30-15-19-33(20-16-30)44-27-29-8-2-1-3-9-29/h1-20,22,26,35H,21,23-25,27H2,(H,41,43)/t35-/m1/s1. The van der Waals surface area contributed by atoms with Crippen LogP contribution in [0, 0.1) is 5.82 Å². The minimum atomic E-state index is -0.253. The topological polar surface area (TPSA) is 56.1 Å². The predicted molar refractivity (Wildman–Crippen MR) is 172 cm³/mol. The van der Waals surface area contributed by atoms with E-state index < -0.39 is 0 Å². The van der Waals surface area contributed by atoms with Crippen LogP contribution in [0.5, 0.6) is 5.75 Å². The van der Waals surface area contributed by atoms with Crippen molar-refractivity contribution in [2.24, 2.45) is 0 Å². The van der Waals surface area contributed by atoms with Gasteiger partial charge in [-0.25, -0.2) is 4.39 Å². The average molecular weight is 584 g/mol. The van der Waals surface area contributed by atoms with Gasteiger partial charge in [0.1, 0.15) is 18.2 Å². The number of ether oxygens (including phenoxy) is 1. The summed E-state index contributed by atoms with van der Waals surface area (Å²) in [6.45, 7) is 1.59. The molecule has 1 amide bonds. The van der Waals surface area contributed by atoms with E-state index in [9.17, 15) is 9.18 Å². The Labute approximate surface area is 257 Å². The maximum Gasteiger partial charge on any atom is 0.220 e. The third-order valence-electron chi connectivity index (χ3n) is 7.81. The highest BCUT2D eigenvalue weighted by molar-refractivity contribution is 5.87. The van der Waals surface area contributed by atoms with E-state index in [0.29, 0.717) is 26.1 Å². The van der Waals surface area contributed by atoms with E-state index in [1.54, 1.807) is 6.20 Å². The molecule has 0 bridgehead atoms. The maximum atomic E-state index is 13.6. The molecule has 0 fully saturated rings. The number of nitrogens with one attached hydrogen (secondary N) is 1. The molecule has 4 aromatic carbocycles. The van der Waals surface area contributed by atoms with E-state index in [0.717, 1.165) is 44.6 Å². The number of fused-ring (bicyclic) bond motifs is 1. The number of aromatic nitrogens is 2. The van der Waals surface area contributed by atoms with Crippen molar-refractivity contribution in [1.82, 2.24) is 14.9 Å². The minimum absolute atomic E-state index is 0.0225. The zero-order chi connectivity index (χ0) is 30.1. The molecule has 0 aliphatic rings. The van der Waals surface area contributed by atoms with E-state index in [4.69, 9.17) is 4.74 Å². The molecule has 6 heteroatoms. The summed E-state index contributed by atoms with van der Waals surface area (Å²) in [5.41, 5.74) is 6.21. The molecule has 6 aromatic rings. The zero-order valence-electron chi connectivity index (χ0n) is 24.4. The lowest BCUT2D eigenvalue weighted by atomic mass is 9.88. The van der Waals surface area contributed by atoms with Crippen molar-refractivity contribution in [2.45, 2.75) is 31.9 Å². The molecule has 0 aliphatic heterocycles. The third-order valence-corrected chi connectivity index (χ3v) is 7.81. The Balaban J connectivity index is 1.27. The van der Waals surface area contributed by atoms with Crippen LogP contribution in [-0.4, -0.2) is 22.0 Å². The number of carbonyl (C=O) groups is 1. The van der Waals surface area contributed by atoms with Crippen LogP contribution in [0.15, 0.2) is 134 Å². The number of nitrogens with zero attached hydrogens (tertiary/aromatic N) is 2. The first-order valence-corrected chi connectivity index (χ1v) is 14.9. The fourth-order valence-corrected chi connectivity index (χ4v) is 5.55. The second kappa shape index (κ2) is 13.8. The van der Waals surface area contributed by atoms with Crippen molar-refractivity contribution in [1.29, 1.82) is 0 Å². The van der Waals surface area contributed by atoms with Gasteiger partial charge in [0.25, 0.3) is 0 Å². The summed E-state index contributed by atoms with van der Waals surface area (Å²) in [7, 11) is 0. The van der Waals surface area contributed by atoms with Gasteiger partial charge < -0.3 is 14.6 Å². The fourth-order valence-electron chi connectivity index (χ4n) is 5.55. The van der Waals surface area contributed by atoms with Gasteiger partial charge in [0.2, 0.25) is 5.91 Å². The van der Waals surface area contributed by atoms with E-state index >= 15 is 0 Å². The highest BCUT2D eigenvalue weighted by atomic mass is 19.1. The molecular formula is C38H34FN3O2. The van der Waals surface area contributed by atoms with Gasteiger partial charge in [0, 0.05) is 60.8 Å². The molecule has 6 rings (SSSR count). The van der Waals surface area contributed by atoms with E-state index in [1.807, 2.05) is 84.9 Å². The molecule has 1 N–H and O–H groups in total. The van der Waals surface area contributed by atoms with Gasteiger partial charge in [0.15, 0.2) is 0 Å². The summed E-state index contributed by atoms with van der Waals surface area (Å²) in [4.78, 5) is 17.7. The fraction of sp³-hybridized carbons (Fsp3) is 0.158. The van der Waals surface area contributed by atoms with Gasteiger partial charge in [0.05, 0.1) is 0 Å². The summed E-state index contributed by atoms with van der Waals surface area (Å²) < 4.78 is 21.8. The van der Waals surface area contributed by atoms with Crippen molar-refractivity contribution >= 4 is 16.8 Å². The van der Waals surface area contributed by atoms with Crippen LogP contribution in [0.4, 0.5) is 4.39 Å². The van der Waals surface area contributed by atoms with Crippen LogP contribution < -0.4 is 10.1 Å². The molecule has 2 aromatic heterocycles. The molecule has 2 heterocycles. The zero-order valence-corrected chi connectivity index (χ0v) is 24.4. The van der Waals surface area contributed by atoms with E-state index in [-0.39, 0.29) is 24.1 Å². The van der Waals surface area contributed by atoms with Crippen LogP contribution in [0.25, 0.3) is 10.9 Å². The molecule has 0 radical (unpaired) electrons. The first-order chi connectivity index (χ1) is 21.6. The Morgan fingerprint density at radius 1 is 0.818 bits per heavy atom. The Hall–Kier alpha value is -5.23. The number of carbonyl (C=O) groups excluding carboxylic acids is 1. The van der Waals surface area contributed by atoms with Crippen molar-refractivity contribution in [3.05, 3.63) is 167 Å². The number of para-hydroxylation sites is 1. The van der Waals surface area contributed by atoms with E-state index in [2.05, 4.69) is 45.3 Å². The van der Waals surface area contributed by atoms with Crippen LogP contribution >= 0.6 is 0 Å². The lowest BCUT2D eigenvalue weighted by molar-refractivity contribution is -0.121. The number of benzene rings is 4. The summed E-state index contributed by atoms with van der Waals surface area (Å²) in [5.74, 6) is 0.310. The largest absolute Gasteiger partial charge is 0.489 e. The molecule has 0 unspecified atom stereocenters. The lowest BCUT2D eigenvalue weighted by Crippen LogP contribution is -2.27. The summed E-state index contributed by atoms with van der Waals surface area (Å²) in [5, 5.41) is 4.19. The summed E-state index contributed by atoms with van der Waals surface area (Å²) in [6.07, 6.45) is 4.86. The number of pyridine rings is 1. The highest BCUT2D eigenvalue weighted by Gasteiger charge is 2.23. The average Bonchev–Trinajstić information content (AvgIpc) is 3.43.